The summed E-state index contributed by atoms with van der Waals surface area (Å²) in [6, 6.07) is 14.2. The summed E-state index contributed by atoms with van der Waals surface area (Å²) in [6.45, 7) is 5.07. The molecule has 0 aliphatic carbocycles. The molecule has 3 aromatic rings. The highest BCUT2D eigenvalue weighted by atomic mass is 16.5. The van der Waals surface area contributed by atoms with E-state index in [9.17, 15) is 0 Å². The molecule has 0 atom stereocenters. The van der Waals surface area contributed by atoms with Crippen LogP contribution < -0.4 is 10.2 Å². The van der Waals surface area contributed by atoms with Crippen LogP contribution in [-0.2, 0) is 4.74 Å². The van der Waals surface area contributed by atoms with Crippen molar-refractivity contribution in [2.24, 2.45) is 0 Å². The number of nitrogens with one attached hydrogen (secondary N) is 1. The van der Waals surface area contributed by atoms with Gasteiger partial charge in [-0.1, -0.05) is 23.8 Å². The fourth-order valence-corrected chi connectivity index (χ4v) is 2.94. The molecule has 6 nitrogen and oxygen atoms in total. The number of nitrogens with zero attached hydrogens (tertiary/aromatic N) is 4. The predicted molar refractivity (Wildman–Crippen MR) is 103 cm³/mol. The third-order valence-corrected chi connectivity index (χ3v) is 4.26. The number of aromatic nitrogens is 3. The molecule has 1 aromatic carbocycles. The summed E-state index contributed by atoms with van der Waals surface area (Å²) in [5.41, 5.74) is 4.08. The van der Waals surface area contributed by atoms with Crippen LogP contribution in [0.25, 0.3) is 11.3 Å². The van der Waals surface area contributed by atoms with Gasteiger partial charge in [0.25, 0.3) is 0 Å². The number of hydrogen-bond acceptors (Lipinski definition) is 6. The van der Waals surface area contributed by atoms with Crippen molar-refractivity contribution in [1.29, 1.82) is 0 Å². The van der Waals surface area contributed by atoms with Crippen molar-refractivity contribution >= 4 is 17.5 Å². The van der Waals surface area contributed by atoms with E-state index >= 15 is 0 Å². The van der Waals surface area contributed by atoms with Crippen LogP contribution in [0.15, 0.2) is 54.9 Å². The fraction of sp³-hybridized carbons (Fsp3) is 0.250. The van der Waals surface area contributed by atoms with Gasteiger partial charge in [-0.25, -0.2) is 4.98 Å². The van der Waals surface area contributed by atoms with Gasteiger partial charge in [0.05, 0.1) is 30.8 Å². The predicted octanol–water partition coefficient (Wildman–Crippen LogP) is 3.43. The monoisotopic (exact) mass is 347 g/mol. The Morgan fingerprint density at radius 1 is 1.04 bits per heavy atom. The number of rotatable bonds is 4. The van der Waals surface area contributed by atoms with Crippen LogP contribution in [0.4, 0.5) is 17.5 Å². The lowest BCUT2D eigenvalue weighted by Gasteiger charge is -2.27. The lowest BCUT2D eigenvalue weighted by molar-refractivity contribution is 0.122. The lowest BCUT2D eigenvalue weighted by Crippen LogP contribution is -2.37. The number of morpholine rings is 1. The first kappa shape index (κ1) is 16.5. The molecule has 0 spiro atoms. The molecule has 6 heteroatoms. The van der Waals surface area contributed by atoms with E-state index < -0.39 is 0 Å². The third-order valence-electron chi connectivity index (χ3n) is 4.26. The summed E-state index contributed by atoms with van der Waals surface area (Å²) >= 11 is 0. The zero-order valence-corrected chi connectivity index (χ0v) is 14.7. The molecule has 132 valence electrons. The molecule has 1 aliphatic rings. The number of ether oxygens (including phenoxy) is 1. The second-order valence-electron chi connectivity index (χ2n) is 6.27. The molecular weight excluding hydrogens is 326 g/mol. The van der Waals surface area contributed by atoms with Crippen molar-refractivity contribution in [3.05, 3.63) is 60.4 Å². The Morgan fingerprint density at radius 3 is 2.69 bits per heavy atom. The van der Waals surface area contributed by atoms with Crippen molar-refractivity contribution in [1.82, 2.24) is 15.0 Å². The van der Waals surface area contributed by atoms with E-state index in [0.717, 1.165) is 41.8 Å². The summed E-state index contributed by atoms with van der Waals surface area (Å²) in [5.74, 6) is 1.48. The number of anilines is 3. The zero-order valence-electron chi connectivity index (χ0n) is 14.7. The SMILES string of the molecule is Cc1cccc(-c2cc(Nc3cccnc3)nc(N3CCOCC3)n2)c1. The Bertz CT molecular complexity index is 878. The van der Waals surface area contributed by atoms with Gasteiger partial charge in [0, 0.05) is 30.9 Å². The highest BCUT2D eigenvalue weighted by molar-refractivity contribution is 5.67. The van der Waals surface area contributed by atoms with Gasteiger partial charge in [0.1, 0.15) is 5.82 Å². The minimum absolute atomic E-state index is 0.698. The van der Waals surface area contributed by atoms with Crippen LogP contribution in [0, 0.1) is 6.92 Å². The van der Waals surface area contributed by atoms with Gasteiger partial charge in [-0.15, -0.1) is 0 Å². The molecule has 4 rings (SSSR count). The number of pyridine rings is 1. The van der Waals surface area contributed by atoms with Gasteiger partial charge >= 0.3 is 0 Å². The molecule has 0 radical (unpaired) electrons. The Kier molecular flexibility index (Phi) is 4.75. The third kappa shape index (κ3) is 3.81. The van der Waals surface area contributed by atoms with Crippen LogP contribution in [0.2, 0.25) is 0 Å². The van der Waals surface area contributed by atoms with Gasteiger partial charge in [-0.2, -0.15) is 4.98 Å². The van der Waals surface area contributed by atoms with Gasteiger partial charge < -0.3 is 15.0 Å². The first-order chi connectivity index (χ1) is 12.8. The van der Waals surface area contributed by atoms with Crippen LogP contribution in [0.5, 0.6) is 0 Å². The quantitative estimate of drug-likeness (QED) is 0.780. The Labute approximate surface area is 152 Å². The van der Waals surface area contributed by atoms with Gasteiger partial charge in [-0.05, 0) is 25.1 Å². The van der Waals surface area contributed by atoms with E-state index in [2.05, 4.69) is 46.4 Å². The first-order valence-electron chi connectivity index (χ1n) is 8.74. The average Bonchev–Trinajstić information content (AvgIpc) is 2.69. The van der Waals surface area contributed by atoms with Crippen LogP contribution in [0.1, 0.15) is 5.56 Å². The van der Waals surface area contributed by atoms with E-state index in [4.69, 9.17) is 14.7 Å². The van der Waals surface area contributed by atoms with Crippen LogP contribution in [-0.4, -0.2) is 41.3 Å². The standard InChI is InChI=1S/C20H21N5O/c1-15-4-2-5-16(12-15)18-13-19(22-17-6-3-7-21-14-17)24-20(23-18)25-8-10-26-11-9-25/h2-7,12-14H,8-11H2,1H3,(H,22,23,24). The molecule has 1 fully saturated rings. The van der Waals surface area contributed by atoms with Crippen molar-refractivity contribution in [2.75, 3.05) is 36.5 Å². The number of hydrogen-bond donors (Lipinski definition) is 1. The average molecular weight is 347 g/mol. The van der Waals surface area contributed by atoms with Crippen molar-refractivity contribution in [2.45, 2.75) is 6.92 Å². The van der Waals surface area contributed by atoms with Gasteiger partial charge in [-0.3, -0.25) is 4.98 Å². The summed E-state index contributed by atoms with van der Waals surface area (Å²) in [5, 5.41) is 3.34. The Morgan fingerprint density at radius 2 is 1.92 bits per heavy atom. The summed E-state index contributed by atoms with van der Waals surface area (Å²) in [7, 11) is 0. The molecule has 0 bridgehead atoms. The molecule has 0 unspecified atom stereocenters. The number of aryl methyl sites for hydroxylation is 1. The molecule has 0 saturated carbocycles. The molecule has 1 saturated heterocycles. The smallest absolute Gasteiger partial charge is 0.228 e. The normalized spacial score (nSPS) is 14.3. The zero-order chi connectivity index (χ0) is 17.8. The summed E-state index contributed by atoms with van der Waals surface area (Å²) < 4.78 is 5.46. The molecule has 1 aliphatic heterocycles. The van der Waals surface area contributed by atoms with Crippen molar-refractivity contribution in [3.8, 4) is 11.3 Å². The highest BCUT2D eigenvalue weighted by Crippen LogP contribution is 2.25. The molecule has 3 heterocycles. The molecule has 2 aromatic heterocycles. The minimum Gasteiger partial charge on any atom is -0.378 e. The maximum atomic E-state index is 5.46. The van der Waals surface area contributed by atoms with Crippen molar-refractivity contribution < 1.29 is 4.74 Å². The highest BCUT2D eigenvalue weighted by Gasteiger charge is 2.16. The number of benzene rings is 1. The topological polar surface area (TPSA) is 63.2 Å². The van der Waals surface area contributed by atoms with E-state index in [1.165, 1.54) is 5.56 Å². The maximum absolute atomic E-state index is 5.46. The van der Waals surface area contributed by atoms with E-state index in [0.29, 0.717) is 13.2 Å². The molecule has 1 N–H and O–H groups in total. The van der Waals surface area contributed by atoms with Crippen molar-refractivity contribution in [3.63, 3.8) is 0 Å². The minimum atomic E-state index is 0.698. The fourth-order valence-electron chi connectivity index (χ4n) is 2.94. The lowest BCUT2D eigenvalue weighted by atomic mass is 10.1. The maximum Gasteiger partial charge on any atom is 0.228 e. The second-order valence-corrected chi connectivity index (χ2v) is 6.27. The largest absolute Gasteiger partial charge is 0.378 e. The second kappa shape index (κ2) is 7.49. The van der Waals surface area contributed by atoms with E-state index in [-0.39, 0.29) is 0 Å². The van der Waals surface area contributed by atoms with Crippen LogP contribution in [0.3, 0.4) is 0 Å². The summed E-state index contributed by atoms with van der Waals surface area (Å²) in [6.07, 6.45) is 3.53. The van der Waals surface area contributed by atoms with Gasteiger partial charge in [0.15, 0.2) is 0 Å². The first-order valence-corrected chi connectivity index (χ1v) is 8.74. The Hall–Kier alpha value is -2.99. The van der Waals surface area contributed by atoms with Crippen LogP contribution >= 0.6 is 0 Å². The molecule has 0 amide bonds. The summed E-state index contributed by atoms with van der Waals surface area (Å²) in [4.78, 5) is 15.9. The van der Waals surface area contributed by atoms with E-state index in [1.54, 1.807) is 12.4 Å². The van der Waals surface area contributed by atoms with E-state index in [1.807, 2.05) is 18.2 Å². The van der Waals surface area contributed by atoms with Gasteiger partial charge in [0.2, 0.25) is 5.95 Å². The Balaban J connectivity index is 1.73. The molecule has 26 heavy (non-hydrogen) atoms. The molecular formula is C20H21N5O.